The number of rotatable bonds is 5. The summed E-state index contributed by atoms with van der Waals surface area (Å²) in [5.41, 5.74) is 1.95. The summed E-state index contributed by atoms with van der Waals surface area (Å²) in [6, 6.07) is 8.01. The quantitative estimate of drug-likeness (QED) is 0.758. The molecule has 0 aliphatic carbocycles. The van der Waals surface area contributed by atoms with Crippen LogP contribution in [0, 0.1) is 0 Å². The van der Waals surface area contributed by atoms with Crippen LogP contribution in [0.2, 0.25) is 0 Å². The van der Waals surface area contributed by atoms with E-state index in [1.54, 1.807) is 4.90 Å². The van der Waals surface area contributed by atoms with Gasteiger partial charge in [0.1, 0.15) is 0 Å². The summed E-state index contributed by atoms with van der Waals surface area (Å²) in [7, 11) is 3.78. The number of benzene rings is 1. The summed E-state index contributed by atoms with van der Waals surface area (Å²) in [5, 5.41) is 2.74. The van der Waals surface area contributed by atoms with Crippen LogP contribution in [0.3, 0.4) is 0 Å². The van der Waals surface area contributed by atoms with Gasteiger partial charge >= 0.3 is 0 Å². The zero-order valence-electron chi connectivity index (χ0n) is 12.7. The van der Waals surface area contributed by atoms with Crippen LogP contribution < -0.4 is 4.90 Å². The fraction of sp³-hybridized carbons (Fsp3) is 0.333. The van der Waals surface area contributed by atoms with Gasteiger partial charge in [0.15, 0.2) is 5.13 Å². The van der Waals surface area contributed by atoms with E-state index in [9.17, 15) is 4.79 Å². The number of hydrogen-bond acceptors (Lipinski definition) is 4. The Bertz CT molecular complexity index is 616. The monoisotopic (exact) mass is 403 g/mol. The molecule has 7 heteroatoms. The van der Waals surface area contributed by atoms with E-state index in [0.29, 0.717) is 13.1 Å². The Hall–Kier alpha value is -0.950. The molecular weight excluding hydrogens is 386 g/mol. The van der Waals surface area contributed by atoms with E-state index < -0.39 is 0 Å². The number of carbonyl (C=O) groups excluding carboxylic acids is 1. The molecule has 1 heterocycles. The van der Waals surface area contributed by atoms with Crippen molar-refractivity contribution in [2.75, 3.05) is 32.1 Å². The molecule has 0 N–H and O–H groups in total. The Kier molecular flexibility index (Phi) is 7.48. The molecule has 120 valence electrons. The van der Waals surface area contributed by atoms with Gasteiger partial charge in [-0.1, -0.05) is 28.1 Å². The molecule has 0 unspecified atom stereocenters. The first-order valence-corrected chi connectivity index (χ1v) is 8.35. The zero-order chi connectivity index (χ0) is 15.4. The number of aromatic nitrogens is 1. The van der Waals surface area contributed by atoms with Crippen molar-refractivity contribution >= 4 is 50.7 Å². The number of nitrogens with zero attached hydrogens (tertiary/aromatic N) is 3. The average Bonchev–Trinajstić information content (AvgIpc) is 2.89. The molecule has 1 aromatic heterocycles. The van der Waals surface area contributed by atoms with Crippen LogP contribution in [-0.4, -0.2) is 43.0 Å². The van der Waals surface area contributed by atoms with Crippen LogP contribution in [-0.2, 0) is 4.79 Å². The van der Waals surface area contributed by atoms with Gasteiger partial charge in [-0.3, -0.25) is 9.69 Å². The summed E-state index contributed by atoms with van der Waals surface area (Å²) >= 11 is 4.92. The van der Waals surface area contributed by atoms with Gasteiger partial charge in [0.2, 0.25) is 5.91 Å². The molecule has 4 nitrogen and oxygen atoms in total. The van der Waals surface area contributed by atoms with Crippen LogP contribution in [0.4, 0.5) is 5.13 Å². The van der Waals surface area contributed by atoms with Crippen molar-refractivity contribution in [1.29, 1.82) is 0 Å². The molecule has 1 aromatic carbocycles. The highest BCUT2D eigenvalue weighted by Crippen LogP contribution is 2.28. The van der Waals surface area contributed by atoms with Crippen molar-refractivity contribution < 1.29 is 4.79 Å². The number of carbonyl (C=O) groups is 1. The summed E-state index contributed by atoms with van der Waals surface area (Å²) in [5.74, 6) is 0.0687. The van der Waals surface area contributed by atoms with Gasteiger partial charge in [0.25, 0.3) is 0 Å². The van der Waals surface area contributed by atoms with Gasteiger partial charge in [-0.15, -0.1) is 23.7 Å². The van der Waals surface area contributed by atoms with Crippen LogP contribution in [0.5, 0.6) is 0 Å². The van der Waals surface area contributed by atoms with Crippen molar-refractivity contribution in [3.63, 3.8) is 0 Å². The van der Waals surface area contributed by atoms with Gasteiger partial charge in [-0.2, -0.15) is 0 Å². The van der Waals surface area contributed by atoms with E-state index in [4.69, 9.17) is 0 Å². The molecule has 0 radical (unpaired) electrons. The molecule has 2 aromatic rings. The predicted molar refractivity (Wildman–Crippen MR) is 99.1 cm³/mol. The molecule has 0 atom stereocenters. The normalized spacial score (nSPS) is 10.4. The second-order valence-corrected chi connectivity index (χ2v) is 6.65. The first-order valence-electron chi connectivity index (χ1n) is 6.67. The van der Waals surface area contributed by atoms with Crippen LogP contribution in [0.15, 0.2) is 34.1 Å². The lowest BCUT2D eigenvalue weighted by Crippen LogP contribution is -2.37. The maximum Gasteiger partial charge on any atom is 0.242 e. The van der Waals surface area contributed by atoms with Gasteiger partial charge in [-0.05, 0) is 33.2 Å². The van der Waals surface area contributed by atoms with Gasteiger partial charge < -0.3 is 4.90 Å². The lowest BCUT2D eigenvalue weighted by Gasteiger charge is -2.19. The van der Waals surface area contributed by atoms with Crippen LogP contribution in [0.1, 0.15) is 6.92 Å². The molecule has 0 fully saturated rings. The van der Waals surface area contributed by atoms with E-state index in [1.165, 1.54) is 11.3 Å². The molecule has 0 spiro atoms. The van der Waals surface area contributed by atoms with E-state index in [2.05, 4.69) is 20.9 Å². The Morgan fingerprint density at radius 2 is 1.91 bits per heavy atom. The molecule has 0 aliphatic rings. The number of thiazole rings is 1. The highest BCUT2D eigenvalue weighted by atomic mass is 79.9. The van der Waals surface area contributed by atoms with E-state index >= 15 is 0 Å². The molecule has 22 heavy (non-hydrogen) atoms. The first-order chi connectivity index (χ1) is 10.0. The van der Waals surface area contributed by atoms with E-state index in [-0.39, 0.29) is 18.3 Å². The van der Waals surface area contributed by atoms with Crippen molar-refractivity contribution in [3.05, 3.63) is 34.1 Å². The van der Waals surface area contributed by atoms with Gasteiger partial charge in [0, 0.05) is 22.0 Å². The number of amides is 1. The fourth-order valence-corrected chi connectivity index (χ4v) is 3.10. The number of likely N-dealkylation sites (N-methyl/N-ethyl adjacent to an activating group) is 2. The third-order valence-electron chi connectivity index (χ3n) is 2.93. The highest BCUT2D eigenvalue weighted by molar-refractivity contribution is 9.10. The number of anilines is 1. The van der Waals surface area contributed by atoms with Crippen LogP contribution in [0.25, 0.3) is 11.3 Å². The third kappa shape index (κ3) is 4.78. The lowest BCUT2D eigenvalue weighted by molar-refractivity contribution is -0.119. The molecular formula is C15H19BrClN3OS. The Morgan fingerprint density at radius 1 is 1.27 bits per heavy atom. The average molecular weight is 405 g/mol. The third-order valence-corrected chi connectivity index (χ3v) is 4.32. The fourth-order valence-electron chi connectivity index (χ4n) is 1.92. The van der Waals surface area contributed by atoms with Crippen molar-refractivity contribution in [2.24, 2.45) is 0 Å². The summed E-state index contributed by atoms with van der Waals surface area (Å²) in [6.45, 7) is 2.98. The van der Waals surface area contributed by atoms with Gasteiger partial charge in [0.05, 0.1) is 12.2 Å². The minimum atomic E-state index is 0. The molecule has 0 saturated carbocycles. The minimum Gasteiger partial charge on any atom is -0.301 e. The molecule has 2 rings (SSSR count). The van der Waals surface area contributed by atoms with Crippen LogP contribution >= 0.6 is 39.7 Å². The maximum absolute atomic E-state index is 12.2. The SMILES string of the molecule is CCN(C(=O)CN(C)C)c1nc(-c2ccc(Br)cc2)cs1.Cl. The lowest BCUT2D eigenvalue weighted by atomic mass is 10.2. The second-order valence-electron chi connectivity index (χ2n) is 4.90. The van der Waals surface area contributed by atoms with Crippen molar-refractivity contribution in [2.45, 2.75) is 6.92 Å². The second kappa shape index (κ2) is 8.62. The molecule has 0 aliphatic heterocycles. The van der Waals surface area contributed by atoms with Crippen molar-refractivity contribution in [1.82, 2.24) is 9.88 Å². The number of hydrogen-bond donors (Lipinski definition) is 0. The Labute approximate surface area is 149 Å². The molecule has 0 saturated heterocycles. The summed E-state index contributed by atoms with van der Waals surface area (Å²) in [6.07, 6.45) is 0. The Morgan fingerprint density at radius 3 is 2.45 bits per heavy atom. The minimum absolute atomic E-state index is 0. The molecule has 1 amide bonds. The topological polar surface area (TPSA) is 36.4 Å². The first kappa shape index (κ1) is 19.1. The smallest absolute Gasteiger partial charge is 0.242 e. The van der Waals surface area contributed by atoms with E-state index in [1.807, 2.05) is 55.6 Å². The van der Waals surface area contributed by atoms with Gasteiger partial charge in [-0.25, -0.2) is 4.98 Å². The zero-order valence-corrected chi connectivity index (χ0v) is 16.0. The van der Waals surface area contributed by atoms with E-state index in [0.717, 1.165) is 20.9 Å². The Balaban J connectivity index is 0.00000242. The molecule has 0 bridgehead atoms. The number of halogens is 2. The summed E-state index contributed by atoms with van der Waals surface area (Å²) < 4.78 is 1.04. The standard InChI is InChI=1S/C15H18BrN3OS.ClH/c1-4-19(14(20)9-18(2)3)15-17-13(10-21-15)11-5-7-12(16)8-6-11;/h5-8,10H,4,9H2,1-3H3;1H. The maximum atomic E-state index is 12.2. The highest BCUT2D eigenvalue weighted by Gasteiger charge is 2.18. The largest absolute Gasteiger partial charge is 0.301 e. The predicted octanol–water partition coefficient (Wildman–Crippen LogP) is 3.91. The summed E-state index contributed by atoms with van der Waals surface area (Å²) in [4.78, 5) is 20.4. The van der Waals surface area contributed by atoms with Crippen molar-refractivity contribution in [3.8, 4) is 11.3 Å².